The molecule has 3 N–H and O–H groups in total. The van der Waals surface area contributed by atoms with E-state index in [-0.39, 0.29) is 42.3 Å². The largest absolute Gasteiger partial charge is 0.356 e. The maximum Gasteiger partial charge on any atom is 0.254 e. The summed E-state index contributed by atoms with van der Waals surface area (Å²) in [6.45, 7) is 7.29. The number of halogens is 1. The molecule has 0 aliphatic carbocycles. The molecule has 0 radical (unpaired) electrons. The molecule has 1 aromatic carbocycles. The zero-order chi connectivity index (χ0) is 21.8. The predicted octanol–water partition coefficient (Wildman–Crippen LogP) is 3.15. The van der Waals surface area contributed by atoms with E-state index in [4.69, 9.17) is 0 Å². The fourth-order valence-electron chi connectivity index (χ4n) is 3.40. The zero-order valence-corrected chi connectivity index (χ0v) is 21.4. The van der Waals surface area contributed by atoms with Crippen molar-refractivity contribution in [3.63, 3.8) is 0 Å². The van der Waals surface area contributed by atoms with Gasteiger partial charge in [-0.2, -0.15) is 0 Å². The van der Waals surface area contributed by atoms with Gasteiger partial charge < -0.3 is 20.9 Å². The SMILES string of the molecule is CN=C(NCCCCCCC(C)C)NCc1ccc(C(=O)N2CCNC(=O)C2)cc1.I. The lowest BCUT2D eigenvalue weighted by atomic mass is 10.0. The van der Waals surface area contributed by atoms with Crippen LogP contribution in [0.2, 0.25) is 0 Å². The van der Waals surface area contributed by atoms with Gasteiger partial charge in [-0.25, -0.2) is 0 Å². The minimum Gasteiger partial charge on any atom is -0.356 e. The molecule has 0 spiro atoms. The molecule has 0 atom stereocenters. The minimum absolute atomic E-state index is 0. The second-order valence-corrected chi connectivity index (χ2v) is 8.22. The van der Waals surface area contributed by atoms with Crippen molar-refractivity contribution in [2.75, 3.05) is 33.2 Å². The van der Waals surface area contributed by atoms with Gasteiger partial charge in [0, 0.05) is 38.8 Å². The number of hydrogen-bond acceptors (Lipinski definition) is 3. The van der Waals surface area contributed by atoms with Gasteiger partial charge in [-0.05, 0) is 30.0 Å². The molecule has 0 aromatic heterocycles. The van der Waals surface area contributed by atoms with Crippen molar-refractivity contribution in [3.05, 3.63) is 35.4 Å². The van der Waals surface area contributed by atoms with Crippen LogP contribution in [0.4, 0.5) is 0 Å². The number of piperazine rings is 1. The van der Waals surface area contributed by atoms with Crippen molar-refractivity contribution in [3.8, 4) is 0 Å². The summed E-state index contributed by atoms with van der Waals surface area (Å²) >= 11 is 0. The smallest absolute Gasteiger partial charge is 0.254 e. The highest BCUT2D eigenvalue weighted by Crippen LogP contribution is 2.10. The molecule has 1 aliphatic rings. The highest BCUT2D eigenvalue weighted by molar-refractivity contribution is 14.0. The molecule has 0 unspecified atom stereocenters. The van der Waals surface area contributed by atoms with E-state index in [0.717, 1.165) is 30.4 Å². The summed E-state index contributed by atoms with van der Waals surface area (Å²) < 4.78 is 0. The standard InChI is InChI=1S/C23H37N5O2.HI/c1-18(2)8-6-4-5-7-13-26-23(24-3)27-16-19-9-11-20(12-10-19)22(30)28-15-14-25-21(29)17-28;/h9-12,18H,4-8,13-17H2,1-3H3,(H,25,29)(H2,24,26,27);1H. The number of unbranched alkanes of at least 4 members (excludes halogenated alkanes) is 3. The highest BCUT2D eigenvalue weighted by atomic mass is 127. The van der Waals surface area contributed by atoms with Crippen LogP contribution in [0.3, 0.4) is 0 Å². The van der Waals surface area contributed by atoms with E-state index in [9.17, 15) is 9.59 Å². The number of benzene rings is 1. The van der Waals surface area contributed by atoms with Crippen molar-refractivity contribution < 1.29 is 9.59 Å². The van der Waals surface area contributed by atoms with Crippen LogP contribution in [0, 0.1) is 5.92 Å². The molecule has 1 aliphatic heterocycles. The first-order valence-electron chi connectivity index (χ1n) is 11.1. The molecule has 1 aromatic rings. The highest BCUT2D eigenvalue weighted by Gasteiger charge is 2.22. The number of carbonyl (C=O) groups is 2. The average molecular weight is 543 g/mol. The van der Waals surface area contributed by atoms with Crippen LogP contribution in [0.1, 0.15) is 61.9 Å². The molecule has 2 rings (SSSR count). The number of guanidine groups is 1. The van der Waals surface area contributed by atoms with E-state index in [1.807, 2.05) is 24.3 Å². The first-order valence-corrected chi connectivity index (χ1v) is 11.1. The number of aliphatic imine (C=N–C) groups is 1. The molecular weight excluding hydrogens is 505 g/mol. The Kier molecular flexibility index (Phi) is 13.2. The van der Waals surface area contributed by atoms with Crippen molar-refractivity contribution in [2.45, 2.75) is 52.5 Å². The van der Waals surface area contributed by atoms with Crippen LogP contribution in [-0.4, -0.2) is 55.9 Å². The summed E-state index contributed by atoms with van der Waals surface area (Å²) in [5.74, 6) is 1.38. The molecule has 174 valence electrons. The lowest BCUT2D eigenvalue weighted by Gasteiger charge is -2.26. The number of amides is 2. The number of nitrogens with zero attached hydrogens (tertiary/aromatic N) is 2. The molecule has 2 amide bonds. The van der Waals surface area contributed by atoms with E-state index >= 15 is 0 Å². The van der Waals surface area contributed by atoms with E-state index in [1.54, 1.807) is 11.9 Å². The van der Waals surface area contributed by atoms with Gasteiger partial charge in [-0.3, -0.25) is 14.6 Å². The molecule has 8 heteroatoms. The molecule has 1 heterocycles. The van der Waals surface area contributed by atoms with Gasteiger partial charge in [0.2, 0.25) is 5.91 Å². The maximum absolute atomic E-state index is 12.5. The first-order chi connectivity index (χ1) is 14.5. The molecule has 7 nitrogen and oxygen atoms in total. The third kappa shape index (κ3) is 10.3. The van der Waals surface area contributed by atoms with Crippen molar-refractivity contribution in [2.24, 2.45) is 10.9 Å². The zero-order valence-electron chi connectivity index (χ0n) is 19.1. The van der Waals surface area contributed by atoms with Gasteiger partial charge in [-0.1, -0.05) is 51.7 Å². The summed E-state index contributed by atoms with van der Waals surface area (Å²) in [4.78, 5) is 29.8. The van der Waals surface area contributed by atoms with Crippen LogP contribution in [0.25, 0.3) is 0 Å². The van der Waals surface area contributed by atoms with Crippen molar-refractivity contribution >= 4 is 41.8 Å². The summed E-state index contributed by atoms with van der Waals surface area (Å²) in [5, 5.41) is 9.40. The monoisotopic (exact) mass is 543 g/mol. The second kappa shape index (κ2) is 15.0. The topological polar surface area (TPSA) is 85.8 Å². The first kappa shape index (κ1) is 27.2. The Morgan fingerprint density at radius 3 is 2.48 bits per heavy atom. The Labute approximate surface area is 203 Å². The fraction of sp³-hybridized carbons (Fsp3) is 0.609. The summed E-state index contributed by atoms with van der Waals surface area (Å²) in [6.07, 6.45) is 6.30. The molecule has 31 heavy (non-hydrogen) atoms. The third-order valence-corrected chi connectivity index (χ3v) is 5.21. The Morgan fingerprint density at radius 1 is 1.13 bits per heavy atom. The number of nitrogens with one attached hydrogen (secondary N) is 3. The van der Waals surface area contributed by atoms with Gasteiger partial charge in [0.05, 0.1) is 6.54 Å². The summed E-state index contributed by atoms with van der Waals surface area (Å²) in [5.41, 5.74) is 1.67. The van der Waals surface area contributed by atoms with Gasteiger partial charge in [-0.15, -0.1) is 24.0 Å². The van der Waals surface area contributed by atoms with E-state index in [0.29, 0.717) is 25.2 Å². The van der Waals surface area contributed by atoms with Crippen LogP contribution in [0.5, 0.6) is 0 Å². The van der Waals surface area contributed by atoms with E-state index in [1.165, 1.54) is 25.7 Å². The number of rotatable bonds is 10. The molecule has 1 saturated heterocycles. The third-order valence-electron chi connectivity index (χ3n) is 5.21. The van der Waals surface area contributed by atoms with Crippen LogP contribution >= 0.6 is 24.0 Å². The number of hydrogen-bond donors (Lipinski definition) is 3. The Hall–Kier alpha value is -1.84. The van der Waals surface area contributed by atoms with Crippen LogP contribution < -0.4 is 16.0 Å². The van der Waals surface area contributed by atoms with Crippen molar-refractivity contribution in [1.82, 2.24) is 20.9 Å². The second-order valence-electron chi connectivity index (χ2n) is 8.22. The lowest BCUT2D eigenvalue weighted by molar-refractivity contribution is -0.123. The average Bonchev–Trinajstić information content (AvgIpc) is 2.75. The maximum atomic E-state index is 12.5. The Bertz CT molecular complexity index is 706. The van der Waals surface area contributed by atoms with E-state index < -0.39 is 0 Å². The molecule has 0 bridgehead atoms. The fourth-order valence-corrected chi connectivity index (χ4v) is 3.40. The molecular formula is C23H38IN5O2. The van der Waals surface area contributed by atoms with Gasteiger partial charge in [0.25, 0.3) is 5.91 Å². The predicted molar refractivity (Wildman–Crippen MR) is 137 cm³/mol. The van der Waals surface area contributed by atoms with E-state index in [2.05, 4.69) is 34.8 Å². The van der Waals surface area contributed by atoms with Crippen LogP contribution in [0.15, 0.2) is 29.3 Å². The normalized spacial score (nSPS) is 14.1. The summed E-state index contributed by atoms with van der Waals surface area (Å²) in [6, 6.07) is 7.51. The molecule has 1 fully saturated rings. The van der Waals surface area contributed by atoms with Gasteiger partial charge in [0.1, 0.15) is 0 Å². The van der Waals surface area contributed by atoms with Crippen LogP contribution in [-0.2, 0) is 11.3 Å². The quantitative estimate of drug-likeness (QED) is 0.183. The Balaban J connectivity index is 0.00000480. The van der Waals surface area contributed by atoms with Gasteiger partial charge in [0.15, 0.2) is 5.96 Å². The Morgan fingerprint density at radius 2 is 1.84 bits per heavy atom. The molecule has 0 saturated carbocycles. The number of carbonyl (C=O) groups excluding carboxylic acids is 2. The van der Waals surface area contributed by atoms with Gasteiger partial charge >= 0.3 is 0 Å². The lowest BCUT2D eigenvalue weighted by Crippen LogP contribution is -2.49. The summed E-state index contributed by atoms with van der Waals surface area (Å²) in [7, 11) is 1.77. The van der Waals surface area contributed by atoms with Crippen molar-refractivity contribution in [1.29, 1.82) is 0 Å². The minimum atomic E-state index is -0.107.